The standard InChI is InChI=1S/C16H26N4O3/c1-12-10-20(11-13(2)23-12)15-5-4-14(8-18-15)9-19-16(21)17-6-7-22-3/h4-5,8,12-13H,6-7,9-11H2,1-3H3,(H2,17,19,21). The highest BCUT2D eigenvalue weighted by molar-refractivity contribution is 5.73. The highest BCUT2D eigenvalue weighted by Gasteiger charge is 2.22. The van der Waals surface area contributed by atoms with Crippen molar-refractivity contribution >= 4 is 11.8 Å². The molecule has 1 aliphatic heterocycles. The van der Waals surface area contributed by atoms with Crippen LogP contribution in [0, 0.1) is 0 Å². The lowest BCUT2D eigenvalue weighted by molar-refractivity contribution is -0.00546. The number of amides is 2. The topological polar surface area (TPSA) is 75.7 Å². The summed E-state index contributed by atoms with van der Waals surface area (Å²) >= 11 is 0. The number of aromatic nitrogens is 1. The zero-order valence-electron chi connectivity index (χ0n) is 14.0. The number of urea groups is 1. The molecule has 0 radical (unpaired) electrons. The normalized spacial score (nSPS) is 21.1. The number of ether oxygens (including phenoxy) is 2. The molecule has 1 fully saturated rings. The molecule has 0 bridgehead atoms. The first-order chi connectivity index (χ1) is 11.1. The van der Waals surface area contributed by atoms with Gasteiger partial charge in [0, 0.05) is 39.5 Å². The predicted octanol–water partition coefficient (Wildman–Crippen LogP) is 1.14. The summed E-state index contributed by atoms with van der Waals surface area (Å²) in [5.74, 6) is 0.945. The van der Waals surface area contributed by atoms with E-state index in [1.807, 2.05) is 12.1 Å². The van der Waals surface area contributed by atoms with E-state index in [1.165, 1.54) is 0 Å². The maximum Gasteiger partial charge on any atom is 0.315 e. The summed E-state index contributed by atoms with van der Waals surface area (Å²) in [4.78, 5) is 18.3. The van der Waals surface area contributed by atoms with Gasteiger partial charge in [0.2, 0.25) is 0 Å². The maximum absolute atomic E-state index is 11.6. The first-order valence-electron chi connectivity index (χ1n) is 7.94. The third-order valence-electron chi connectivity index (χ3n) is 3.60. The van der Waals surface area contributed by atoms with Gasteiger partial charge >= 0.3 is 6.03 Å². The molecule has 0 aliphatic carbocycles. The summed E-state index contributed by atoms with van der Waals surface area (Å²) in [7, 11) is 1.60. The van der Waals surface area contributed by atoms with E-state index < -0.39 is 0 Å². The van der Waals surface area contributed by atoms with E-state index in [0.29, 0.717) is 19.7 Å². The van der Waals surface area contributed by atoms with E-state index in [2.05, 4.69) is 34.4 Å². The van der Waals surface area contributed by atoms with Crippen molar-refractivity contribution in [2.75, 3.05) is 38.3 Å². The Bertz CT molecular complexity index is 485. The number of methoxy groups -OCH3 is 1. The van der Waals surface area contributed by atoms with Gasteiger partial charge in [-0.3, -0.25) is 0 Å². The van der Waals surface area contributed by atoms with Crippen molar-refractivity contribution < 1.29 is 14.3 Å². The lowest BCUT2D eigenvalue weighted by Gasteiger charge is -2.36. The van der Waals surface area contributed by atoms with Gasteiger partial charge in [-0.15, -0.1) is 0 Å². The average Bonchev–Trinajstić information content (AvgIpc) is 2.53. The second kappa shape index (κ2) is 8.69. The average molecular weight is 322 g/mol. The van der Waals surface area contributed by atoms with Crippen LogP contribution >= 0.6 is 0 Å². The van der Waals surface area contributed by atoms with E-state index in [9.17, 15) is 4.79 Å². The monoisotopic (exact) mass is 322 g/mol. The zero-order valence-corrected chi connectivity index (χ0v) is 14.0. The van der Waals surface area contributed by atoms with Gasteiger partial charge in [-0.05, 0) is 25.5 Å². The molecule has 2 N–H and O–H groups in total. The molecule has 2 unspecified atom stereocenters. The van der Waals surface area contributed by atoms with Gasteiger partial charge in [-0.1, -0.05) is 6.07 Å². The Morgan fingerprint density at radius 3 is 2.70 bits per heavy atom. The van der Waals surface area contributed by atoms with Crippen LogP contribution in [0.2, 0.25) is 0 Å². The van der Waals surface area contributed by atoms with Crippen molar-refractivity contribution in [2.45, 2.75) is 32.6 Å². The van der Waals surface area contributed by atoms with Gasteiger partial charge in [0.25, 0.3) is 0 Å². The lowest BCUT2D eigenvalue weighted by atomic mass is 10.2. The van der Waals surface area contributed by atoms with E-state index in [4.69, 9.17) is 9.47 Å². The molecule has 1 aliphatic rings. The Kier molecular flexibility index (Phi) is 6.61. The van der Waals surface area contributed by atoms with Crippen LogP contribution in [0.5, 0.6) is 0 Å². The number of carbonyl (C=O) groups is 1. The Morgan fingerprint density at radius 2 is 2.09 bits per heavy atom. The third-order valence-corrected chi connectivity index (χ3v) is 3.60. The van der Waals surface area contributed by atoms with Crippen molar-refractivity contribution in [1.29, 1.82) is 0 Å². The molecule has 0 spiro atoms. The molecule has 128 valence electrons. The largest absolute Gasteiger partial charge is 0.383 e. The van der Waals surface area contributed by atoms with Crippen molar-refractivity contribution in [3.05, 3.63) is 23.9 Å². The second-order valence-corrected chi connectivity index (χ2v) is 5.79. The lowest BCUT2D eigenvalue weighted by Crippen LogP contribution is -2.45. The number of hydrogen-bond donors (Lipinski definition) is 2. The van der Waals surface area contributed by atoms with Crippen LogP contribution in [-0.4, -0.2) is 56.6 Å². The summed E-state index contributed by atoms with van der Waals surface area (Å²) < 4.78 is 10.6. The highest BCUT2D eigenvalue weighted by Crippen LogP contribution is 2.18. The quantitative estimate of drug-likeness (QED) is 0.768. The predicted molar refractivity (Wildman–Crippen MR) is 88.6 cm³/mol. The van der Waals surface area contributed by atoms with Gasteiger partial charge in [-0.2, -0.15) is 0 Å². The number of hydrogen-bond acceptors (Lipinski definition) is 5. The molecule has 1 aromatic rings. The van der Waals surface area contributed by atoms with Gasteiger partial charge in [-0.25, -0.2) is 9.78 Å². The molecular weight excluding hydrogens is 296 g/mol. The van der Waals surface area contributed by atoms with Gasteiger partial charge in [0.15, 0.2) is 0 Å². The van der Waals surface area contributed by atoms with Crippen LogP contribution in [0.1, 0.15) is 19.4 Å². The minimum Gasteiger partial charge on any atom is -0.383 e. The maximum atomic E-state index is 11.6. The summed E-state index contributed by atoms with van der Waals surface area (Å²) in [6.45, 7) is 7.27. The minimum absolute atomic E-state index is 0.206. The van der Waals surface area contributed by atoms with E-state index >= 15 is 0 Å². The molecule has 7 nitrogen and oxygen atoms in total. The Morgan fingerprint density at radius 1 is 1.35 bits per heavy atom. The van der Waals surface area contributed by atoms with Crippen LogP contribution in [0.15, 0.2) is 18.3 Å². The molecular formula is C16H26N4O3. The third kappa shape index (κ3) is 5.69. The SMILES string of the molecule is COCCNC(=O)NCc1ccc(N2CC(C)OC(C)C2)nc1. The van der Waals surface area contributed by atoms with Crippen molar-refractivity contribution in [1.82, 2.24) is 15.6 Å². The van der Waals surface area contributed by atoms with Crippen molar-refractivity contribution in [3.63, 3.8) is 0 Å². The number of pyridine rings is 1. The van der Waals surface area contributed by atoms with Crippen molar-refractivity contribution in [2.24, 2.45) is 0 Å². The molecule has 0 aromatic carbocycles. The van der Waals surface area contributed by atoms with Crippen LogP contribution < -0.4 is 15.5 Å². The fourth-order valence-corrected chi connectivity index (χ4v) is 2.58. The fourth-order valence-electron chi connectivity index (χ4n) is 2.58. The molecule has 2 atom stereocenters. The molecule has 1 aromatic heterocycles. The molecule has 23 heavy (non-hydrogen) atoms. The fraction of sp³-hybridized carbons (Fsp3) is 0.625. The summed E-state index contributed by atoms with van der Waals surface area (Å²) in [6.07, 6.45) is 2.21. The number of anilines is 1. The van der Waals surface area contributed by atoms with Gasteiger partial charge in [0.05, 0.1) is 18.8 Å². The van der Waals surface area contributed by atoms with Gasteiger partial charge < -0.3 is 25.0 Å². The Hall–Kier alpha value is -1.86. The van der Waals surface area contributed by atoms with Crippen LogP contribution in [0.25, 0.3) is 0 Å². The summed E-state index contributed by atoms with van der Waals surface area (Å²) in [5.41, 5.74) is 0.963. The number of nitrogens with zero attached hydrogens (tertiary/aromatic N) is 2. The van der Waals surface area contributed by atoms with E-state index in [0.717, 1.165) is 24.5 Å². The molecule has 2 heterocycles. The summed E-state index contributed by atoms with van der Waals surface area (Å²) in [5, 5.41) is 5.50. The van der Waals surface area contributed by atoms with Crippen LogP contribution in [0.3, 0.4) is 0 Å². The van der Waals surface area contributed by atoms with E-state index in [-0.39, 0.29) is 18.2 Å². The first-order valence-corrected chi connectivity index (χ1v) is 7.94. The van der Waals surface area contributed by atoms with Crippen LogP contribution in [0.4, 0.5) is 10.6 Å². The van der Waals surface area contributed by atoms with Gasteiger partial charge in [0.1, 0.15) is 5.82 Å². The Balaban J connectivity index is 1.81. The smallest absolute Gasteiger partial charge is 0.315 e. The second-order valence-electron chi connectivity index (χ2n) is 5.79. The number of morpholine rings is 1. The molecule has 2 rings (SSSR count). The molecule has 2 amide bonds. The minimum atomic E-state index is -0.207. The first kappa shape index (κ1) is 17.5. The molecule has 0 saturated carbocycles. The van der Waals surface area contributed by atoms with Crippen molar-refractivity contribution in [3.8, 4) is 0 Å². The van der Waals surface area contributed by atoms with Crippen LogP contribution in [-0.2, 0) is 16.0 Å². The number of nitrogens with one attached hydrogen (secondary N) is 2. The summed E-state index contributed by atoms with van der Waals surface area (Å²) in [6, 6.07) is 3.77. The highest BCUT2D eigenvalue weighted by atomic mass is 16.5. The zero-order chi connectivity index (χ0) is 16.7. The number of carbonyl (C=O) groups excluding carboxylic acids is 1. The number of rotatable bonds is 6. The van der Waals surface area contributed by atoms with E-state index in [1.54, 1.807) is 13.3 Å². The molecule has 7 heteroatoms. The molecule has 1 saturated heterocycles. The Labute approximate surface area is 137 Å².